The summed E-state index contributed by atoms with van der Waals surface area (Å²) >= 11 is 5.99. The summed E-state index contributed by atoms with van der Waals surface area (Å²) in [5.74, 6) is 0.909. The van der Waals surface area contributed by atoms with Gasteiger partial charge in [0.05, 0.1) is 19.2 Å². The predicted octanol–water partition coefficient (Wildman–Crippen LogP) is 2.35. The second-order valence-electron chi connectivity index (χ2n) is 6.13. The van der Waals surface area contributed by atoms with Gasteiger partial charge in [-0.1, -0.05) is 35.9 Å². The molecule has 0 aliphatic carbocycles. The van der Waals surface area contributed by atoms with E-state index in [1.54, 1.807) is 7.11 Å². The number of ether oxygens (including phenoxy) is 1. The third-order valence-electron chi connectivity index (χ3n) is 4.83. The topological polar surface area (TPSA) is 62.4 Å². The van der Waals surface area contributed by atoms with Crippen LogP contribution in [0.2, 0.25) is 5.02 Å². The third-order valence-corrected chi connectivity index (χ3v) is 5.09. The zero-order chi connectivity index (χ0) is 16.7. The molecule has 1 amide bonds. The molecule has 2 fully saturated rings. The number of carbonyl (C=O) groups excluding carboxylic acids is 1. The molecule has 4 atom stereocenters. The Morgan fingerprint density at radius 3 is 2.12 bits per heavy atom. The van der Waals surface area contributed by atoms with Crippen molar-refractivity contribution < 1.29 is 9.53 Å². The average molecular weight is 344 g/mol. The standard InChI is InChI=1S/C18H18ClN3O2/c1-24-13-8-4-11(5-9-13)16-14-15(10-2-6-12(19)7-3-10)20-18(23)17(14)22-21-16/h2-9,14-17,21-22H,1H3,(H,20,23). The summed E-state index contributed by atoms with van der Waals surface area (Å²) in [5.41, 5.74) is 8.59. The van der Waals surface area contributed by atoms with Gasteiger partial charge in [0.25, 0.3) is 0 Å². The van der Waals surface area contributed by atoms with Crippen molar-refractivity contribution >= 4 is 17.5 Å². The van der Waals surface area contributed by atoms with Gasteiger partial charge in [0.1, 0.15) is 11.8 Å². The number of methoxy groups -OCH3 is 1. The zero-order valence-electron chi connectivity index (χ0n) is 13.1. The van der Waals surface area contributed by atoms with Gasteiger partial charge < -0.3 is 10.1 Å². The first kappa shape index (κ1) is 15.4. The quantitative estimate of drug-likeness (QED) is 0.800. The highest BCUT2D eigenvalue weighted by Crippen LogP contribution is 2.42. The molecule has 2 saturated heterocycles. The van der Waals surface area contributed by atoms with Gasteiger partial charge in [-0.3, -0.25) is 4.79 Å². The number of rotatable bonds is 3. The molecule has 4 unspecified atom stereocenters. The molecule has 3 N–H and O–H groups in total. The fraction of sp³-hybridized carbons (Fsp3) is 0.278. The maximum Gasteiger partial charge on any atom is 0.239 e. The van der Waals surface area contributed by atoms with Crippen molar-refractivity contribution in [3.8, 4) is 5.75 Å². The van der Waals surface area contributed by atoms with Crippen LogP contribution < -0.4 is 20.9 Å². The molecule has 0 spiro atoms. The number of carbonyl (C=O) groups is 1. The number of nitrogens with one attached hydrogen (secondary N) is 3. The Morgan fingerprint density at radius 2 is 1.46 bits per heavy atom. The zero-order valence-corrected chi connectivity index (χ0v) is 13.9. The molecule has 2 aromatic rings. The summed E-state index contributed by atoms with van der Waals surface area (Å²) < 4.78 is 5.22. The third kappa shape index (κ3) is 2.55. The lowest BCUT2D eigenvalue weighted by Crippen LogP contribution is -2.39. The second-order valence-corrected chi connectivity index (χ2v) is 6.57. The number of hydrogen-bond acceptors (Lipinski definition) is 4. The van der Waals surface area contributed by atoms with E-state index in [0.29, 0.717) is 5.02 Å². The fourth-order valence-corrected chi connectivity index (χ4v) is 3.75. The number of halogens is 1. The summed E-state index contributed by atoms with van der Waals surface area (Å²) in [6.07, 6.45) is 0. The Balaban J connectivity index is 1.67. The van der Waals surface area contributed by atoms with Crippen LogP contribution in [0.15, 0.2) is 48.5 Å². The summed E-state index contributed by atoms with van der Waals surface area (Å²) in [6, 6.07) is 15.3. The van der Waals surface area contributed by atoms with Crippen molar-refractivity contribution in [2.45, 2.75) is 18.1 Å². The first-order valence-electron chi connectivity index (χ1n) is 7.88. The molecule has 5 nitrogen and oxygen atoms in total. The monoisotopic (exact) mass is 343 g/mol. The molecule has 4 rings (SSSR count). The van der Waals surface area contributed by atoms with Crippen LogP contribution in [0.25, 0.3) is 0 Å². The van der Waals surface area contributed by atoms with Crippen molar-refractivity contribution in [2.24, 2.45) is 5.92 Å². The molecular weight excluding hydrogens is 326 g/mol. The Labute approximate surface area is 145 Å². The number of amides is 1. The normalized spacial score (nSPS) is 28.5. The van der Waals surface area contributed by atoms with Crippen molar-refractivity contribution in [2.75, 3.05) is 7.11 Å². The highest BCUT2D eigenvalue weighted by Gasteiger charge is 2.51. The average Bonchev–Trinajstić information content (AvgIpc) is 3.18. The van der Waals surface area contributed by atoms with Crippen LogP contribution in [-0.2, 0) is 4.79 Å². The first-order valence-corrected chi connectivity index (χ1v) is 8.26. The van der Waals surface area contributed by atoms with E-state index in [9.17, 15) is 4.79 Å². The molecule has 0 radical (unpaired) electrons. The van der Waals surface area contributed by atoms with E-state index in [0.717, 1.165) is 16.9 Å². The molecule has 24 heavy (non-hydrogen) atoms. The lowest BCUT2D eigenvalue weighted by atomic mass is 9.84. The lowest BCUT2D eigenvalue weighted by molar-refractivity contribution is -0.121. The van der Waals surface area contributed by atoms with Crippen molar-refractivity contribution in [1.29, 1.82) is 0 Å². The largest absolute Gasteiger partial charge is 0.497 e. The van der Waals surface area contributed by atoms with E-state index in [1.807, 2.05) is 48.5 Å². The highest BCUT2D eigenvalue weighted by molar-refractivity contribution is 6.30. The first-order chi connectivity index (χ1) is 11.7. The summed E-state index contributed by atoms with van der Waals surface area (Å²) in [6.45, 7) is 0. The Kier molecular flexibility index (Phi) is 3.92. The minimum Gasteiger partial charge on any atom is -0.497 e. The van der Waals surface area contributed by atoms with Crippen LogP contribution >= 0.6 is 11.6 Å². The van der Waals surface area contributed by atoms with Crippen LogP contribution in [0.3, 0.4) is 0 Å². The van der Waals surface area contributed by atoms with Crippen LogP contribution in [0.5, 0.6) is 5.75 Å². The Hall–Kier alpha value is -2.08. The van der Waals surface area contributed by atoms with Crippen molar-refractivity contribution in [1.82, 2.24) is 16.2 Å². The number of benzene rings is 2. The molecule has 2 heterocycles. The van der Waals surface area contributed by atoms with Gasteiger partial charge in [0.15, 0.2) is 0 Å². The van der Waals surface area contributed by atoms with Crippen molar-refractivity contribution in [3.05, 3.63) is 64.7 Å². The SMILES string of the molecule is COc1ccc(C2NNC3C(=O)NC(c4ccc(Cl)cc4)C32)cc1. The van der Waals surface area contributed by atoms with E-state index in [2.05, 4.69) is 16.2 Å². The van der Waals surface area contributed by atoms with E-state index >= 15 is 0 Å². The maximum atomic E-state index is 12.3. The predicted molar refractivity (Wildman–Crippen MR) is 91.6 cm³/mol. The smallest absolute Gasteiger partial charge is 0.239 e. The van der Waals surface area contributed by atoms with Crippen LogP contribution in [-0.4, -0.2) is 19.1 Å². The van der Waals surface area contributed by atoms with Gasteiger partial charge >= 0.3 is 0 Å². The summed E-state index contributed by atoms with van der Waals surface area (Å²) in [5, 5.41) is 3.79. The van der Waals surface area contributed by atoms with E-state index in [1.165, 1.54) is 0 Å². The fourth-order valence-electron chi connectivity index (χ4n) is 3.62. The van der Waals surface area contributed by atoms with E-state index < -0.39 is 0 Å². The molecule has 2 aromatic carbocycles. The molecule has 6 heteroatoms. The van der Waals surface area contributed by atoms with Gasteiger partial charge in [-0.2, -0.15) is 0 Å². The lowest BCUT2D eigenvalue weighted by Gasteiger charge is -2.24. The number of fused-ring (bicyclic) bond motifs is 1. The number of hydrogen-bond donors (Lipinski definition) is 3. The van der Waals surface area contributed by atoms with Gasteiger partial charge in [-0.15, -0.1) is 0 Å². The maximum absolute atomic E-state index is 12.3. The molecule has 124 valence electrons. The van der Waals surface area contributed by atoms with Crippen LogP contribution in [0.4, 0.5) is 0 Å². The van der Waals surface area contributed by atoms with Gasteiger partial charge in [0, 0.05) is 10.9 Å². The van der Waals surface area contributed by atoms with E-state index in [-0.39, 0.29) is 30.0 Å². The molecule has 2 aliphatic heterocycles. The van der Waals surface area contributed by atoms with Gasteiger partial charge in [-0.25, -0.2) is 10.9 Å². The Morgan fingerprint density at radius 1 is 0.875 bits per heavy atom. The van der Waals surface area contributed by atoms with Crippen LogP contribution in [0.1, 0.15) is 23.2 Å². The van der Waals surface area contributed by atoms with Crippen LogP contribution in [0, 0.1) is 5.92 Å². The Bertz CT molecular complexity index is 748. The molecular formula is C18H18ClN3O2. The second kappa shape index (κ2) is 6.09. The number of hydrazine groups is 1. The van der Waals surface area contributed by atoms with E-state index in [4.69, 9.17) is 16.3 Å². The minimum absolute atomic E-state index is 0.0171. The summed E-state index contributed by atoms with van der Waals surface area (Å²) in [4.78, 5) is 12.3. The van der Waals surface area contributed by atoms with Gasteiger partial charge in [0.2, 0.25) is 5.91 Å². The molecule has 2 aliphatic rings. The molecule has 0 aromatic heterocycles. The molecule has 0 saturated carbocycles. The van der Waals surface area contributed by atoms with Gasteiger partial charge in [-0.05, 0) is 35.4 Å². The molecule has 0 bridgehead atoms. The summed E-state index contributed by atoms with van der Waals surface area (Å²) in [7, 11) is 1.65. The van der Waals surface area contributed by atoms with Crippen molar-refractivity contribution in [3.63, 3.8) is 0 Å². The minimum atomic E-state index is -0.252. The highest BCUT2D eigenvalue weighted by atomic mass is 35.5.